The minimum Gasteiger partial charge on any atom is -0.398 e. The average molecular weight is 314 g/mol. The van der Waals surface area contributed by atoms with Crippen LogP contribution in [0.15, 0.2) is 23.1 Å². The first-order valence-electron chi connectivity index (χ1n) is 5.28. The Kier molecular flexibility index (Phi) is 4.98. The summed E-state index contributed by atoms with van der Waals surface area (Å²) in [7, 11) is 1.71. The van der Waals surface area contributed by atoms with E-state index in [1.807, 2.05) is 0 Å². The lowest BCUT2D eigenvalue weighted by Crippen LogP contribution is -2.16. The number of anilines is 3. The Morgan fingerprint density at radius 2 is 2.15 bits per heavy atom. The molecule has 1 aromatic heterocycles. The molecular weight excluding hydrogens is 304 g/mol. The number of nitrogens with one attached hydrogen (secondary N) is 1. The van der Waals surface area contributed by atoms with Crippen molar-refractivity contribution < 1.29 is 14.6 Å². The maximum absolute atomic E-state index is 8.09. The zero-order chi connectivity index (χ0) is 14.5. The first kappa shape index (κ1) is 14.8. The molecule has 0 fully saturated rings. The highest BCUT2D eigenvalue weighted by Gasteiger charge is 2.06. The monoisotopic (exact) mass is 313 g/mol. The van der Waals surface area contributed by atoms with Gasteiger partial charge in [0.2, 0.25) is 11.2 Å². The maximum Gasteiger partial charge on any atom is 0.230 e. The van der Waals surface area contributed by atoms with Gasteiger partial charge in [0.15, 0.2) is 7.85 Å². The van der Waals surface area contributed by atoms with E-state index < -0.39 is 0 Å². The molecule has 4 N–H and O–H groups in total. The first-order valence-corrected chi connectivity index (χ1v) is 6.40. The van der Waals surface area contributed by atoms with E-state index in [9.17, 15) is 0 Å². The van der Waals surface area contributed by atoms with E-state index in [4.69, 9.17) is 22.6 Å². The number of rotatable bonds is 5. The molecule has 0 atom stereocenters. The van der Waals surface area contributed by atoms with E-state index in [1.165, 1.54) is 0 Å². The van der Waals surface area contributed by atoms with E-state index in [-0.39, 0.29) is 5.28 Å². The highest BCUT2D eigenvalue weighted by atomic mass is 35.5. The van der Waals surface area contributed by atoms with Crippen LogP contribution in [-0.4, -0.2) is 28.1 Å². The number of halogens is 1. The van der Waals surface area contributed by atoms with E-state index >= 15 is 0 Å². The Morgan fingerprint density at radius 1 is 1.35 bits per heavy atom. The summed E-state index contributed by atoms with van der Waals surface area (Å²) in [5.74, 6) is 0.317. The Labute approximate surface area is 124 Å². The number of nitrogens with zero attached hydrogens (tertiary/aromatic N) is 3. The molecule has 11 heteroatoms. The molecule has 104 valence electrons. The highest BCUT2D eigenvalue weighted by molar-refractivity contribution is 7.94. The molecule has 0 bridgehead atoms. The number of aromatic nitrogens is 3. The minimum absolute atomic E-state index is 0.105. The summed E-state index contributed by atoms with van der Waals surface area (Å²) in [4.78, 5) is 12.5. The van der Waals surface area contributed by atoms with Gasteiger partial charge in [0.1, 0.15) is 0 Å². The van der Waals surface area contributed by atoms with Crippen molar-refractivity contribution in [2.24, 2.45) is 0 Å². The molecule has 0 aliphatic carbocycles. The Hall–Kier alpha value is -1.59. The zero-order valence-corrected chi connectivity index (χ0v) is 11.8. The standard InChI is InChI=1S/C9H9BClN5O3S/c10-7-14-8(11)16-9(15-7)13-4-1-2-6(5(12)3-4)20-19-18-17/h1-3,17H,10,12H2,(H,13,14,15,16). The van der Waals surface area contributed by atoms with Crippen LogP contribution in [0.1, 0.15) is 0 Å². The van der Waals surface area contributed by atoms with Crippen molar-refractivity contribution in [3.8, 4) is 0 Å². The van der Waals surface area contributed by atoms with E-state index in [1.54, 1.807) is 26.0 Å². The van der Waals surface area contributed by atoms with Gasteiger partial charge in [0.25, 0.3) is 0 Å². The molecule has 2 rings (SSSR count). The third-order valence-corrected chi connectivity index (χ3v) is 2.99. The van der Waals surface area contributed by atoms with Crippen molar-refractivity contribution in [1.29, 1.82) is 0 Å². The highest BCUT2D eigenvalue weighted by Crippen LogP contribution is 2.29. The lowest BCUT2D eigenvalue weighted by Gasteiger charge is -2.08. The van der Waals surface area contributed by atoms with E-state index in [0.717, 1.165) is 12.0 Å². The van der Waals surface area contributed by atoms with Crippen LogP contribution in [0.25, 0.3) is 0 Å². The summed E-state index contributed by atoms with van der Waals surface area (Å²) in [5.41, 5.74) is 7.41. The molecule has 0 spiro atoms. The van der Waals surface area contributed by atoms with E-state index in [0.29, 0.717) is 27.9 Å². The fourth-order valence-corrected chi connectivity index (χ4v) is 1.97. The third kappa shape index (κ3) is 3.95. The predicted octanol–water partition coefficient (Wildman–Crippen LogP) is 0.537. The topological polar surface area (TPSA) is 115 Å². The van der Waals surface area contributed by atoms with Crippen LogP contribution in [-0.2, 0) is 9.37 Å². The van der Waals surface area contributed by atoms with Gasteiger partial charge in [0.05, 0.1) is 22.7 Å². The first-order chi connectivity index (χ1) is 9.58. The van der Waals surface area contributed by atoms with E-state index in [2.05, 4.69) is 29.6 Å². The lowest BCUT2D eigenvalue weighted by atomic mass is 10.1. The molecule has 2 aromatic rings. The summed E-state index contributed by atoms with van der Waals surface area (Å²) in [5, 5.41) is 14.6. The summed E-state index contributed by atoms with van der Waals surface area (Å²) in [6.07, 6.45) is 0. The van der Waals surface area contributed by atoms with Crippen LogP contribution < -0.4 is 16.8 Å². The number of nitrogen functional groups attached to an aromatic ring is 1. The van der Waals surface area contributed by atoms with Crippen molar-refractivity contribution in [3.05, 3.63) is 23.5 Å². The van der Waals surface area contributed by atoms with Gasteiger partial charge in [-0.1, -0.05) is 5.04 Å². The SMILES string of the molecule is Bc1nc(Cl)nc(Nc2ccc(SOOO)c(N)c2)n1. The average Bonchev–Trinajstić information content (AvgIpc) is 2.36. The molecule has 0 aliphatic rings. The molecule has 0 amide bonds. The summed E-state index contributed by atoms with van der Waals surface area (Å²) >= 11 is 6.53. The fraction of sp³-hybridized carbons (Fsp3) is 0. The Balaban J connectivity index is 2.15. The van der Waals surface area contributed by atoms with Gasteiger partial charge in [-0.3, -0.25) is 0 Å². The molecule has 0 saturated heterocycles. The number of benzene rings is 1. The minimum atomic E-state index is 0.105. The van der Waals surface area contributed by atoms with Gasteiger partial charge in [-0.2, -0.15) is 4.98 Å². The van der Waals surface area contributed by atoms with Crippen molar-refractivity contribution in [2.45, 2.75) is 4.90 Å². The largest absolute Gasteiger partial charge is 0.398 e. The summed E-state index contributed by atoms with van der Waals surface area (Å²) in [6, 6.07) is 5.06. The van der Waals surface area contributed by atoms with Crippen LogP contribution in [0.5, 0.6) is 0 Å². The van der Waals surface area contributed by atoms with Gasteiger partial charge < -0.3 is 11.1 Å². The van der Waals surface area contributed by atoms with Crippen LogP contribution in [0.4, 0.5) is 17.3 Å². The van der Waals surface area contributed by atoms with Crippen LogP contribution in [0, 0.1) is 0 Å². The molecule has 0 radical (unpaired) electrons. The van der Waals surface area contributed by atoms with Gasteiger partial charge in [-0.15, -0.1) is 4.33 Å². The second kappa shape index (κ2) is 6.73. The maximum atomic E-state index is 8.09. The Morgan fingerprint density at radius 3 is 2.80 bits per heavy atom. The lowest BCUT2D eigenvalue weighted by molar-refractivity contribution is -0.432. The van der Waals surface area contributed by atoms with Crippen molar-refractivity contribution in [1.82, 2.24) is 15.0 Å². The van der Waals surface area contributed by atoms with Crippen molar-refractivity contribution >= 4 is 54.5 Å². The van der Waals surface area contributed by atoms with Gasteiger partial charge in [-0.25, -0.2) is 15.2 Å². The van der Waals surface area contributed by atoms with Gasteiger partial charge in [-0.05, 0) is 29.8 Å². The van der Waals surface area contributed by atoms with Crippen LogP contribution in [0.2, 0.25) is 5.28 Å². The normalized spacial score (nSPS) is 10.5. The number of nitrogens with two attached hydrogens (primary N) is 1. The second-order valence-electron chi connectivity index (χ2n) is 3.58. The summed E-state index contributed by atoms with van der Waals surface area (Å²) in [6.45, 7) is 0. The second-order valence-corrected chi connectivity index (χ2v) is 4.66. The molecule has 0 unspecified atom stereocenters. The smallest absolute Gasteiger partial charge is 0.230 e. The molecule has 0 saturated carbocycles. The van der Waals surface area contributed by atoms with Crippen LogP contribution in [0.3, 0.4) is 0 Å². The quantitative estimate of drug-likeness (QED) is 0.239. The Bertz CT molecular complexity index is 600. The number of hydrogen-bond donors (Lipinski definition) is 3. The van der Waals surface area contributed by atoms with Gasteiger partial charge >= 0.3 is 0 Å². The third-order valence-electron chi connectivity index (χ3n) is 2.14. The molecule has 1 heterocycles. The van der Waals surface area contributed by atoms with Gasteiger partial charge in [0, 0.05) is 11.4 Å². The van der Waals surface area contributed by atoms with Crippen molar-refractivity contribution in [3.63, 3.8) is 0 Å². The molecule has 20 heavy (non-hydrogen) atoms. The molecule has 1 aromatic carbocycles. The predicted molar refractivity (Wildman–Crippen MR) is 77.8 cm³/mol. The van der Waals surface area contributed by atoms with Crippen LogP contribution >= 0.6 is 23.6 Å². The molecule has 0 aliphatic heterocycles. The van der Waals surface area contributed by atoms with Crippen molar-refractivity contribution in [2.75, 3.05) is 11.1 Å². The molecular formula is C9H9BClN5O3S. The summed E-state index contributed by atoms with van der Waals surface area (Å²) < 4.78 is 4.31. The number of hydrogen-bond acceptors (Lipinski definition) is 9. The fourth-order valence-electron chi connectivity index (χ4n) is 1.39. The zero-order valence-electron chi connectivity index (χ0n) is 10.2. The molecule has 8 nitrogen and oxygen atoms in total.